The molecule has 10 nitrogen and oxygen atoms in total. The van der Waals surface area contributed by atoms with Crippen LogP contribution < -0.4 is 11.0 Å². The van der Waals surface area contributed by atoms with Gasteiger partial charge in [-0.1, -0.05) is 6.92 Å². The first-order valence-electron chi connectivity index (χ1n) is 10.00. The molecule has 1 aromatic carbocycles. The molecule has 0 saturated heterocycles. The SMILES string of the molecule is CCOC(=O)c1cc(Nc2ccc3c(c2)n(C(C)(O)CC)c(=O)n3C)n2nccc2n1. The molecule has 0 bridgehead atoms. The highest BCUT2D eigenvalue weighted by molar-refractivity contribution is 5.89. The predicted molar refractivity (Wildman–Crippen MR) is 116 cm³/mol. The Morgan fingerprint density at radius 1 is 1.23 bits per heavy atom. The Labute approximate surface area is 177 Å². The number of hydrogen-bond donors (Lipinski definition) is 2. The van der Waals surface area contributed by atoms with E-state index in [2.05, 4.69) is 15.4 Å². The second-order valence-corrected chi connectivity index (χ2v) is 7.42. The van der Waals surface area contributed by atoms with Crippen molar-refractivity contribution >= 4 is 34.2 Å². The second-order valence-electron chi connectivity index (χ2n) is 7.42. The van der Waals surface area contributed by atoms with Crippen molar-refractivity contribution in [2.24, 2.45) is 7.05 Å². The molecule has 0 radical (unpaired) electrons. The van der Waals surface area contributed by atoms with Gasteiger partial charge in [0.1, 0.15) is 11.5 Å². The first-order chi connectivity index (χ1) is 14.8. The van der Waals surface area contributed by atoms with E-state index >= 15 is 0 Å². The van der Waals surface area contributed by atoms with Gasteiger partial charge in [-0.3, -0.25) is 9.13 Å². The minimum absolute atomic E-state index is 0.156. The number of nitrogens with zero attached hydrogens (tertiary/aromatic N) is 5. The molecule has 10 heteroatoms. The fourth-order valence-corrected chi connectivity index (χ4v) is 3.50. The maximum atomic E-state index is 12.8. The average Bonchev–Trinajstić information content (AvgIpc) is 3.31. The fraction of sp³-hybridized carbons (Fsp3) is 0.333. The Morgan fingerprint density at radius 2 is 2.00 bits per heavy atom. The maximum absolute atomic E-state index is 12.8. The Kier molecular flexibility index (Phi) is 5.02. The molecule has 3 heterocycles. The normalized spacial score (nSPS) is 13.5. The van der Waals surface area contributed by atoms with E-state index in [0.29, 0.717) is 34.6 Å². The lowest BCUT2D eigenvalue weighted by Crippen LogP contribution is -2.38. The number of rotatable bonds is 6. The van der Waals surface area contributed by atoms with Crippen LogP contribution in [-0.2, 0) is 17.5 Å². The molecule has 162 valence electrons. The predicted octanol–water partition coefficient (Wildman–Crippen LogP) is 2.38. The van der Waals surface area contributed by atoms with Gasteiger partial charge in [-0.05, 0) is 38.5 Å². The van der Waals surface area contributed by atoms with Crippen molar-refractivity contribution in [3.8, 4) is 0 Å². The number of hydrogen-bond acceptors (Lipinski definition) is 7. The van der Waals surface area contributed by atoms with Gasteiger partial charge in [-0.2, -0.15) is 9.61 Å². The first-order valence-corrected chi connectivity index (χ1v) is 10.00. The number of esters is 1. The van der Waals surface area contributed by atoms with Crippen LogP contribution in [0.5, 0.6) is 0 Å². The van der Waals surface area contributed by atoms with Gasteiger partial charge < -0.3 is 15.2 Å². The van der Waals surface area contributed by atoms with Crippen LogP contribution in [0.25, 0.3) is 16.7 Å². The molecule has 0 spiro atoms. The highest BCUT2D eigenvalue weighted by Crippen LogP contribution is 2.26. The summed E-state index contributed by atoms with van der Waals surface area (Å²) in [7, 11) is 1.67. The van der Waals surface area contributed by atoms with Crippen LogP contribution in [0.15, 0.2) is 41.3 Å². The highest BCUT2D eigenvalue weighted by Gasteiger charge is 2.26. The topological polar surface area (TPSA) is 116 Å². The van der Waals surface area contributed by atoms with Crippen molar-refractivity contribution in [2.45, 2.75) is 32.9 Å². The standard InChI is InChI=1S/C21H24N6O4/c1-5-21(3,30)26-16-11-13(7-8-15(16)25(4)20(26)29)23-18-12-14(19(28)31-6-2)24-17-9-10-22-27(17)18/h7-12,23,30H,5-6H2,1-4H3. The lowest BCUT2D eigenvalue weighted by atomic mass is 10.2. The maximum Gasteiger partial charge on any atom is 0.357 e. The molecule has 0 aliphatic rings. The zero-order valence-electron chi connectivity index (χ0n) is 17.8. The lowest BCUT2D eigenvalue weighted by Gasteiger charge is -2.23. The largest absolute Gasteiger partial charge is 0.461 e. The van der Waals surface area contributed by atoms with Crippen LogP contribution in [0.4, 0.5) is 11.5 Å². The number of benzene rings is 1. The van der Waals surface area contributed by atoms with E-state index in [4.69, 9.17) is 4.74 Å². The smallest absolute Gasteiger partial charge is 0.357 e. The van der Waals surface area contributed by atoms with Gasteiger partial charge >= 0.3 is 11.7 Å². The number of fused-ring (bicyclic) bond motifs is 2. The van der Waals surface area contributed by atoms with E-state index in [0.717, 1.165) is 0 Å². The summed E-state index contributed by atoms with van der Waals surface area (Å²) in [6.07, 6.45) is 1.95. The van der Waals surface area contributed by atoms with E-state index in [9.17, 15) is 14.7 Å². The number of ether oxygens (including phenoxy) is 1. The molecule has 0 aliphatic heterocycles. The van der Waals surface area contributed by atoms with E-state index in [1.165, 1.54) is 9.13 Å². The number of aromatic nitrogens is 5. The van der Waals surface area contributed by atoms with E-state index in [1.54, 1.807) is 55.9 Å². The molecule has 2 N–H and O–H groups in total. The molecule has 1 atom stereocenters. The third-order valence-corrected chi connectivity index (χ3v) is 5.32. The molecule has 0 saturated carbocycles. The molecular weight excluding hydrogens is 400 g/mol. The van der Waals surface area contributed by atoms with Crippen molar-refractivity contribution in [1.29, 1.82) is 0 Å². The van der Waals surface area contributed by atoms with Gasteiger partial charge in [-0.15, -0.1) is 0 Å². The summed E-state index contributed by atoms with van der Waals surface area (Å²) >= 11 is 0. The molecule has 31 heavy (non-hydrogen) atoms. The molecule has 3 aromatic heterocycles. The molecule has 1 unspecified atom stereocenters. The minimum Gasteiger partial charge on any atom is -0.461 e. The Hall–Kier alpha value is -3.66. The van der Waals surface area contributed by atoms with Crippen molar-refractivity contribution in [1.82, 2.24) is 23.7 Å². The molecule has 0 aliphatic carbocycles. The first kappa shape index (κ1) is 20.6. The Morgan fingerprint density at radius 3 is 2.71 bits per heavy atom. The number of nitrogens with one attached hydrogen (secondary N) is 1. The number of carbonyl (C=O) groups is 1. The van der Waals surface area contributed by atoms with Gasteiger partial charge in [0.15, 0.2) is 11.3 Å². The summed E-state index contributed by atoms with van der Waals surface area (Å²) in [5.74, 6) is -0.0231. The zero-order chi connectivity index (χ0) is 22.3. The van der Waals surface area contributed by atoms with Gasteiger partial charge in [0.05, 0.1) is 23.8 Å². The number of imidazole rings is 1. The molecule has 0 amide bonds. The van der Waals surface area contributed by atoms with Crippen LogP contribution in [0.2, 0.25) is 0 Å². The van der Waals surface area contributed by atoms with Crippen molar-refractivity contribution in [3.05, 3.63) is 52.7 Å². The van der Waals surface area contributed by atoms with Crippen molar-refractivity contribution in [3.63, 3.8) is 0 Å². The van der Waals surface area contributed by atoms with Gasteiger partial charge in [0.25, 0.3) is 0 Å². The number of anilines is 2. The van der Waals surface area contributed by atoms with E-state index < -0.39 is 11.7 Å². The van der Waals surface area contributed by atoms with Crippen LogP contribution in [0.1, 0.15) is 37.7 Å². The highest BCUT2D eigenvalue weighted by atomic mass is 16.5. The second kappa shape index (κ2) is 7.55. The van der Waals surface area contributed by atoms with Crippen molar-refractivity contribution < 1.29 is 14.6 Å². The summed E-state index contributed by atoms with van der Waals surface area (Å²) < 4.78 is 9.52. The summed E-state index contributed by atoms with van der Waals surface area (Å²) in [6.45, 7) is 5.40. The molecule has 4 aromatic rings. The van der Waals surface area contributed by atoms with Gasteiger partial charge in [0, 0.05) is 24.9 Å². The summed E-state index contributed by atoms with van der Waals surface area (Å²) in [4.78, 5) is 29.2. The zero-order valence-corrected chi connectivity index (χ0v) is 17.8. The molecular formula is C21H24N6O4. The molecule has 4 rings (SSSR count). The minimum atomic E-state index is -1.34. The Bertz CT molecular complexity index is 1350. The summed E-state index contributed by atoms with van der Waals surface area (Å²) in [5, 5.41) is 18.3. The van der Waals surface area contributed by atoms with Crippen LogP contribution in [0.3, 0.4) is 0 Å². The third-order valence-electron chi connectivity index (χ3n) is 5.32. The summed E-state index contributed by atoms with van der Waals surface area (Å²) in [5.41, 5.74) is 0.927. The Balaban J connectivity index is 1.83. The van der Waals surface area contributed by atoms with Gasteiger partial charge in [0.2, 0.25) is 0 Å². The fourth-order valence-electron chi connectivity index (χ4n) is 3.50. The molecule has 0 fully saturated rings. The van der Waals surface area contributed by atoms with Crippen LogP contribution in [0, 0.1) is 0 Å². The van der Waals surface area contributed by atoms with Gasteiger partial charge in [-0.25, -0.2) is 14.6 Å². The summed E-state index contributed by atoms with van der Waals surface area (Å²) in [6, 6.07) is 8.63. The monoisotopic (exact) mass is 424 g/mol. The van der Waals surface area contributed by atoms with Crippen LogP contribution >= 0.6 is 0 Å². The number of carbonyl (C=O) groups excluding carboxylic acids is 1. The average molecular weight is 424 g/mol. The van der Waals surface area contributed by atoms with Crippen molar-refractivity contribution in [2.75, 3.05) is 11.9 Å². The van der Waals surface area contributed by atoms with E-state index in [-0.39, 0.29) is 18.0 Å². The quantitative estimate of drug-likeness (QED) is 0.457. The van der Waals surface area contributed by atoms with E-state index in [1.807, 2.05) is 13.0 Å². The lowest BCUT2D eigenvalue weighted by molar-refractivity contribution is -0.0215. The number of aliphatic hydroxyl groups is 1. The van der Waals surface area contributed by atoms with Crippen LogP contribution in [-0.4, -0.2) is 41.4 Å². The third kappa shape index (κ3) is 3.44. The number of aryl methyl sites for hydroxylation is 1.